The molecule has 2 atom stereocenters. The summed E-state index contributed by atoms with van der Waals surface area (Å²) in [5.41, 5.74) is 1.25. The average Bonchev–Trinajstić information content (AvgIpc) is 2.92. The van der Waals surface area contributed by atoms with Crippen molar-refractivity contribution in [3.05, 3.63) is 28.2 Å². The van der Waals surface area contributed by atoms with E-state index in [4.69, 9.17) is 4.74 Å². The van der Waals surface area contributed by atoms with E-state index in [1.807, 2.05) is 0 Å². The van der Waals surface area contributed by atoms with Gasteiger partial charge in [0.05, 0.1) is 6.61 Å². The summed E-state index contributed by atoms with van der Waals surface area (Å²) >= 11 is 5.67. The van der Waals surface area contributed by atoms with Crippen molar-refractivity contribution in [1.29, 1.82) is 0 Å². The number of nitrogens with one attached hydrogen (secondary N) is 1. The van der Waals surface area contributed by atoms with Crippen molar-refractivity contribution >= 4 is 27.7 Å². The van der Waals surface area contributed by atoms with E-state index in [-0.39, 0.29) is 0 Å². The third kappa shape index (κ3) is 5.19. The van der Waals surface area contributed by atoms with Gasteiger partial charge in [0.1, 0.15) is 5.75 Å². The normalized spacial score (nSPS) is 21.7. The van der Waals surface area contributed by atoms with E-state index in [2.05, 4.69) is 65.1 Å². The van der Waals surface area contributed by atoms with Gasteiger partial charge in [-0.25, -0.2) is 0 Å². The van der Waals surface area contributed by atoms with Crippen LogP contribution in [0.15, 0.2) is 22.7 Å². The predicted octanol–water partition coefficient (Wildman–Crippen LogP) is 5.00. The van der Waals surface area contributed by atoms with Crippen LogP contribution in [0.3, 0.4) is 0 Å². The summed E-state index contributed by atoms with van der Waals surface area (Å²) in [6, 6.07) is 6.95. The number of benzene rings is 1. The van der Waals surface area contributed by atoms with Gasteiger partial charge < -0.3 is 10.1 Å². The molecule has 1 saturated carbocycles. The highest BCUT2D eigenvalue weighted by molar-refractivity contribution is 9.10. The molecule has 0 radical (unpaired) electrons. The second kappa shape index (κ2) is 9.06. The van der Waals surface area contributed by atoms with Crippen molar-refractivity contribution in [2.45, 2.75) is 57.4 Å². The minimum absolute atomic E-state index is 0.646. The Labute approximate surface area is 141 Å². The van der Waals surface area contributed by atoms with Gasteiger partial charge in [0.15, 0.2) is 0 Å². The number of thioether (sulfide) groups is 1. The van der Waals surface area contributed by atoms with E-state index in [0.29, 0.717) is 6.04 Å². The summed E-state index contributed by atoms with van der Waals surface area (Å²) in [4.78, 5) is 0. The van der Waals surface area contributed by atoms with Crippen molar-refractivity contribution in [2.24, 2.45) is 0 Å². The molecule has 1 aromatic carbocycles. The summed E-state index contributed by atoms with van der Waals surface area (Å²) in [6.07, 6.45) is 5.05. The molecule has 0 bridgehead atoms. The van der Waals surface area contributed by atoms with Crippen molar-refractivity contribution in [2.75, 3.05) is 12.4 Å². The van der Waals surface area contributed by atoms with Crippen LogP contribution in [0.5, 0.6) is 5.75 Å². The lowest BCUT2D eigenvalue weighted by Gasteiger charge is -2.21. The molecule has 2 rings (SSSR count). The monoisotopic (exact) mass is 371 g/mol. The second-order valence-corrected chi connectivity index (χ2v) is 7.94. The van der Waals surface area contributed by atoms with Gasteiger partial charge in [-0.05, 0) is 43.2 Å². The lowest BCUT2D eigenvalue weighted by atomic mass is 10.1. The Bertz CT molecular complexity index is 441. The zero-order valence-electron chi connectivity index (χ0n) is 13.0. The zero-order valence-corrected chi connectivity index (χ0v) is 15.4. The average molecular weight is 372 g/mol. The maximum absolute atomic E-state index is 5.86. The first-order valence-corrected chi connectivity index (χ1v) is 9.85. The number of hydrogen-bond donors (Lipinski definition) is 1. The van der Waals surface area contributed by atoms with Gasteiger partial charge in [0.25, 0.3) is 0 Å². The van der Waals surface area contributed by atoms with E-state index in [1.165, 1.54) is 30.6 Å². The Morgan fingerprint density at radius 2 is 2.19 bits per heavy atom. The van der Waals surface area contributed by atoms with Crippen LogP contribution in [0.4, 0.5) is 0 Å². The standard InChI is InChI=1S/C17H26BrNOS/c1-3-10-20-16-9-8-14(18)11-13(16)12-19-15-6-5-7-17(15)21-4-2/h8-9,11,15,17,19H,3-7,10,12H2,1-2H3. The van der Waals surface area contributed by atoms with E-state index in [1.54, 1.807) is 0 Å². The van der Waals surface area contributed by atoms with Crippen LogP contribution in [-0.4, -0.2) is 23.7 Å². The molecule has 2 nitrogen and oxygen atoms in total. The van der Waals surface area contributed by atoms with Crippen LogP contribution in [-0.2, 0) is 6.54 Å². The van der Waals surface area contributed by atoms with Crippen LogP contribution >= 0.6 is 27.7 Å². The Hall–Kier alpha value is -0.190. The number of rotatable bonds is 8. The third-order valence-corrected chi connectivity index (χ3v) is 5.69. The fourth-order valence-electron chi connectivity index (χ4n) is 2.85. The molecule has 0 saturated heterocycles. The molecule has 1 aromatic rings. The largest absolute Gasteiger partial charge is 0.493 e. The minimum atomic E-state index is 0.646. The molecule has 0 aliphatic heterocycles. The lowest BCUT2D eigenvalue weighted by molar-refractivity contribution is 0.312. The van der Waals surface area contributed by atoms with Gasteiger partial charge >= 0.3 is 0 Å². The molecule has 1 fully saturated rings. The summed E-state index contributed by atoms with van der Waals surface area (Å²) < 4.78 is 6.98. The predicted molar refractivity (Wildman–Crippen MR) is 96.3 cm³/mol. The first-order valence-electron chi connectivity index (χ1n) is 8.00. The molecule has 0 aromatic heterocycles. The van der Waals surface area contributed by atoms with Gasteiger partial charge in [-0.2, -0.15) is 11.8 Å². The SMILES string of the molecule is CCCOc1ccc(Br)cc1CNC1CCCC1SCC. The van der Waals surface area contributed by atoms with Crippen molar-refractivity contribution in [1.82, 2.24) is 5.32 Å². The van der Waals surface area contributed by atoms with E-state index < -0.39 is 0 Å². The first kappa shape index (κ1) is 17.2. The summed E-state index contributed by atoms with van der Waals surface area (Å²) in [6.45, 7) is 6.07. The summed E-state index contributed by atoms with van der Waals surface area (Å²) in [5.74, 6) is 2.23. The summed E-state index contributed by atoms with van der Waals surface area (Å²) in [5, 5.41) is 4.53. The van der Waals surface area contributed by atoms with E-state index >= 15 is 0 Å². The van der Waals surface area contributed by atoms with Gasteiger partial charge in [0.2, 0.25) is 0 Å². The summed E-state index contributed by atoms with van der Waals surface area (Å²) in [7, 11) is 0. The molecule has 1 aliphatic rings. The Balaban J connectivity index is 1.96. The molecular formula is C17H26BrNOS. The Morgan fingerprint density at radius 3 is 2.95 bits per heavy atom. The van der Waals surface area contributed by atoms with Gasteiger partial charge in [-0.1, -0.05) is 36.2 Å². The van der Waals surface area contributed by atoms with Crippen molar-refractivity contribution in [3.63, 3.8) is 0 Å². The molecule has 1 N–H and O–H groups in total. The van der Waals surface area contributed by atoms with E-state index in [0.717, 1.165) is 35.0 Å². The molecular weight excluding hydrogens is 346 g/mol. The first-order chi connectivity index (χ1) is 10.2. The number of halogens is 1. The number of ether oxygens (including phenoxy) is 1. The maximum atomic E-state index is 5.86. The minimum Gasteiger partial charge on any atom is -0.493 e. The topological polar surface area (TPSA) is 21.3 Å². The molecule has 4 heteroatoms. The van der Waals surface area contributed by atoms with Gasteiger partial charge in [0, 0.05) is 27.9 Å². The van der Waals surface area contributed by atoms with Crippen molar-refractivity contribution < 1.29 is 4.74 Å². The Morgan fingerprint density at radius 1 is 1.33 bits per heavy atom. The quantitative estimate of drug-likeness (QED) is 0.694. The highest BCUT2D eigenvalue weighted by atomic mass is 79.9. The zero-order chi connectivity index (χ0) is 15.1. The van der Waals surface area contributed by atoms with Crippen LogP contribution in [0.1, 0.15) is 45.1 Å². The van der Waals surface area contributed by atoms with E-state index in [9.17, 15) is 0 Å². The highest BCUT2D eigenvalue weighted by Gasteiger charge is 2.26. The fourth-order valence-corrected chi connectivity index (χ4v) is 4.49. The Kier molecular flexibility index (Phi) is 7.41. The maximum Gasteiger partial charge on any atom is 0.123 e. The number of hydrogen-bond acceptors (Lipinski definition) is 3. The molecule has 21 heavy (non-hydrogen) atoms. The molecule has 118 valence electrons. The molecule has 1 aliphatic carbocycles. The molecule has 0 spiro atoms. The second-order valence-electron chi connectivity index (χ2n) is 5.51. The third-order valence-electron chi connectivity index (χ3n) is 3.87. The smallest absolute Gasteiger partial charge is 0.123 e. The fraction of sp³-hybridized carbons (Fsp3) is 0.647. The molecule has 0 heterocycles. The van der Waals surface area contributed by atoms with Crippen LogP contribution in [0.2, 0.25) is 0 Å². The van der Waals surface area contributed by atoms with Crippen LogP contribution in [0, 0.1) is 0 Å². The molecule has 0 amide bonds. The lowest BCUT2D eigenvalue weighted by Crippen LogP contribution is -2.33. The van der Waals surface area contributed by atoms with Crippen molar-refractivity contribution in [3.8, 4) is 5.75 Å². The van der Waals surface area contributed by atoms with Crippen LogP contribution in [0.25, 0.3) is 0 Å². The van der Waals surface area contributed by atoms with Gasteiger partial charge in [-0.15, -0.1) is 0 Å². The molecule has 2 unspecified atom stereocenters. The van der Waals surface area contributed by atoms with Gasteiger partial charge in [-0.3, -0.25) is 0 Å². The van der Waals surface area contributed by atoms with Crippen LogP contribution < -0.4 is 10.1 Å². The highest BCUT2D eigenvalue weighted by Crippen LogP contribution is 2.31.